The Morgan fingerprint density at radius 1 is 1.48 bits per heavy atom. The van der Waals surface area contributed by atoms with Gasteiger partial charge in [-0.2, -0.15) is 0 Å². The number of hydrogen-bond acceptors (Lipinski definition) is 4. The van der Waals surface area contributed by atoms with Crippen LogP contribution in [0.3, 0.4) is 0 Å². The van der Waals surface area contributed by atoms with E-state index in [2.05, 4.69) is 20.6 Å². The Kier molecular flexibility index (Phi) is 5.14. The van der Waals surface area contributed by atoms with E-state index in [4.69, 9.17) is 4.74 Å². The number of aromatic nitrogens is 3. The van der Waals surface area contributed by atoms with Crippen LogP contribution in [0.25, 0.3) is 0 Å². The Bertz CT molecular complexity index is 571. The Balaban J connectivity index is 1.89. The van der Waals surface area contributed by atoms with Gasteiger partial charge in [-0.25, -0.2) is 14.8 Å². The molecule has 0 saturated carbocycles. The van der Waals surface area contributed by atoms with E-state index in [-0.39, 0.29) is 12.1 Å². The fourth-order valence-corrected chi connectivity index (χ4v) is 1.88. The van der Waals surface area contributed by atoms with E-state index in [0.717, 1.165) is 0 Å². The molecule has 1 atom stereocenters. The molecule has 2 N–H and O–H groups in total. The number of nitrogens with zero attached hydrogens (tertiary/aromatic N) is 3. The lowest BCUT2D eigenvalue weighted by molar-refractivity contribution is 0.247. The van der Waals surface area contributed by atoms with Crippen molar-refractivity contribution in [3.8, 4) is 5.88 Å². The second-order valence-electron chi connectivity index (χ2n) is 4.55. The molecule has 0 aliphatic carbocycles. The minimum absolute atomic E-state index is 0.0357. The van der Waals surface area contributed by atoms with Crippen molar-refractivity contribution in [1.29, 1.82) is 0 Å². The van der Waals surface area contributed by atoms with Gasteiger partial charge in [-0.15, -0.1) is 0 Å². The van der Waals surface area contributed by atoms with E-state index < -0.39 is 0 Å². The Morgan fingerprint density at radius 2 is 2.33 bits per heavy atom. The molecule has 0 bridgehead atoms. The molecule has 0 fully saturated rings. The van der Waals surface area contributed by atoms with Crippen LogP contribution in [0.1, 0.15) is 13.8 Å². The summed E-state index contributed by atoms with van der Waals surface area (Å²) in [4.78, 5) is 20.0. The number of anilines is 1. The molecule has 2 heterocycles. The standard InChI is InChI=1S/C14H19N5O2/c1-3-21-13-12(5-4-6-16-13)18-14(20)17-11(2)9-19-8-7-15-10-19/h4-8,10-11H,3,9H2,1-2H3,(H2,17,18,20)/t11-/m0/s1. The monoisotopic (exact) mass is 289 g/mol. The van der Waals surface area contributed by atoms with Gasteiger partial charge >= 0.3 is 6.03 Å². The van der Waals surface area contributed by atoms with Gasteiger partial charge in [0.1, 0.15) is 5.69 Å². The van der Waals surface area contributed by atoms with Gasteiger partial charge in [0.05, 0.1) is 12.9 Å². The number of ether oxygens (including phenoxy) is 1. The molecule has 2 aromatic rings. The maximum Gasteiger partial charge on any atom is 0.319 e. The normalized spacial score (nSPS) is 11.7. The van der Waals surface area contributed by atoms with Crippen LogP contribution in [0.5, 0.6) is 5.88 Å². The maximum absolute atomic E-state index is 12.0. The molecule has 0 aliphatic rings. The quantitative estimate of drug-likeness (QED) is 0.851. The highest BCUT2D eigenvalue weighted by atomic mass is 16.5. The van der Waals surface area contributed by atoms with Gasteiger partial charge in [-0.3, -0.25) is 0 Å². The predicted molar refractivity (Wildman–Crippen MR) is 79.2 cm³/mol. The SMILES string of the molecule is CCOc1ncccc1NC(=O)N[C@@H](C)Cn1ccnc1. The van der Waals surface area contributed by atoms with E-state index >= 15 is 0 Å². The average Bonchev–Trinajstić information content (AvgIpc) is 2.93. The van der Waals surface area contributed by atoms with Crippen molar-refractivity contribution >= 4 is 11.7 Å². The Labute approximate surface area is 123 Å². The summed E-state index contributed by atoms with van der Waals surface area (Å²) in [6.07, 6.45) is 6.89. The van der Waals surface area contributed by atoms with Gasteiger partial charge in [-0.1, -0.05) is 0 Å². The number of carbonyl (C=O) groups excluding carboxylic acids is 1. The van der Waals surface area contributed by atoms with Crippen molar-refractivity contribution in [3.63, 3.8) is 0 Å². The van der Waals surface area contributed by atoms with E-state index in [1.54, 1.807) is 30.9 Å². The molecule has 7 heteroatoms. The second kappa shape index (κ2) is 7.28. The summed E-state index contributed by atoms with van der Waals surface area (Å²) in [6.45, 7) is 4.93. The molecule has 0 aromatic carbocycles. The van der Waals surface area contributed by atoms with Crippen LogP contribution < -0.4 is 15.4 Å². The maximum atomic E-state index is 12.0. The number of hydrogen-bond donors (Lipinski definition) is 2. The summed E-state index contributed by atoms with van der Waals surface area (Å²) < 4.78 is 7.27. The smallest absolute Gasteiger partial charge is 0.319 e. The number of amides is 2. The number of carbonyl (C=O) groups is 1. The first-order chi connectivity index (χ1) is 10.2. The molecular weight excluding hydrogens is 270 g/mol. The zero-order valence-electron chi connectivity index (χ0n) is 12.1. The van der Waals surface area contributed by atoms with Crippen LogP contribution in [0.4, 0.5) is 10.5 Å². The van der Waals surface area contributed by atoms with Gasteiger partial charge in [0.15, 0.2) is 0 Å². The Hall–Kier alpha value is -2.57. The molecule has 0 saturated heterocycles. The third-order valence-corrected chi connectivity index (χ3v) is 2.72. The summed E-state index contributed by atoms with van der Waals surface area (Å²) >= 11 is 0. The zero-order chi connectivity index (χ0) is 15.1. The van der Waals surface area contributed by atoms with Crippen molar-refractivity contribution in [1.82, 2.24) is 19.9 Å². The fraction of sp³-hybridized carbons (Fsp3) is 0.357. The van der Waals surface area contributed by atoms with Crippen molar-refractivity contribution in [2.45, 2.75) is 26.4 Å². The molecule has 0 spiro atoms. The third kappa shape index (κ3) is 4.48. The molecule has 0 unspecified atom stereocenters. The van der Waals surface area contributed by atoms with Crippen molar-refractivity contribution < 1.29 is 9.53 Å². The predicted octanol–water partition coefficient (Wildman–Crippen LogP) is 1.89. The summed E-state index contributed by atoms with van der Waals surface area (Å²) in [5.41, 5.74) is 0.548. The lowest BCUT2D eigenvalue weighted by Crippen LogP contribution is -2.38. The van der Waals surface area contributed by atoms with Gasteiger partial charge in [0.25, 0.3) is 0 Å². The number of imidazole rings is 1. The highest BCUT2D eigenvalue weighted by Crippen LogP contribution is 2.20. The van der Waals surface area contributed by atoms with Crippen LogP contribution in [-0.2, 0) is 6.54 Å². The summed E-state index contributed by atoms with van der Waals surface area (Å²) in [5, 5.41) is 5.60. The van der Waals surface area contributed by atoms with Gasteiger partial charge in [0, 0.05) is 31.2 Å². The number of urea groups is 1. The highest BCUT2D eigenvalue weighted by molar-refractivity contribution is 5.90. The van der Waals surface area contributed by atoms with Crippen LogP contribution >= 0.6 is 0 Å². The highest BCUT2D eigenvalue weighted by Gasteiger charge is 2.11. The topological polar surface area (TPSA) is 81.1 Å². The first kappa shape index (κ1) is 14.8. The first-order valence-electron chi connectivity index (χ1n) is 6.80. The fourth-order valence-electron chi connectivity index (χ4n) is 1.88. The summed E-state index contributed by atoms with van der Waals surface area (Å²) in [7, 11) is 0. The minimum Gasteiger partial charge on any atom is -0.476 e. The Morgan fingerprint density at radius 3 is 3.05 bits per heavy atom. The molecule has 2 amide bonds. The van der Waals surface area contributed by atoms with Gasteiger partial charge in [0.2, 0.25) is 5.88 Å². The van der Waals surface area contributed by atoms with E-state index in [1.165, 1.54) is 0 Å². The van der Waals surface area contributed by atoms with Crippen LogP contribution in [-0.4, -0.2) is 33.2 Å². The average molecular weight is 289 g/mol. The van der Waals surface area contributed by atoms with Gasteiger partial charge in [-0.05, 0) is 26.0 Å². The molecule has 2 rings (SSSR count). The van der Waals surface area contributed by atoms with Gasteiger partial charge < -0.3 is 19.9 Å². The molecular formula is C14H19N5O2. The van der Waals surface area contributed by atoms with Crippen LogP contribution in [0.2, 0.25) is 0 Å². The number of rotatable bonds is 6. The van der Waals surface area contributed by atoms with Crippen LogP contribution in [0, 0.1) is 0 Å². The lowest BCUT2D eigenvalue weighted by Gasteiger charge is -2.16. The van der Waals surface area contributed by atoms with Crippen LogP contribution in [0.15, 0.2) is 37.1 Å². The summed E-state index contributed by atoms with van der Waals surface area (Å²) in [5.74, 6) is 0.414. The molecule has 21 heavy (non-hydrogen) atoms. The summed E-state index contributed by atoms with van der Waals surface area (Å²) in [6, 6.07) is 3.16. The molecule has 7 nitrogen and oxygen atoms in total. The lowest BCUT2D eigenvalue weighted by atomic mass is 10.3. The second-order valence-corrected chi connectivity index (χ2v) is 4.55. The third-order valence-electron chi connectivity index (χ3n) is 2.72. The number of pyridine rings is 1. The van der Waals surface area contributed by atoms with Crippen molar-refractivity contribution in [2.75, 3.05) is 11.9 Å². The molecule has 112 valence electrons. The zero-order valence-corrected chi connectivity index (χ0v) is 12.1. The molecule has 0 aliphatic heterocycles. The van der Waals surface area contributed by atoms with Crippen molar-refractivity contribution in [2.24, 2.45) is 0 Å². The number of nitrogens with one attached hydrogen (secondary N) is 2. The van der Waals surface area contributed by atoms with E-state index in [0.29, 0.717) is 24.7 Å². The largest absolute Gasteiger partial charge is 0.476 e. The van der Waals surface area contributed by atoms with Crippen molar-refractivity contribution in [3.05, 3.63) is 37.1 Å². The molecule has 0 radical (unpaired) electrons. The van der Waals surface area contributed by atoms with E-state index in [9.17, 15) is 4.79 Å². The minimum atomic E-state index is -0.295. The van der Waals surface area contributed by atoms with E-state index in [1.807, 2.05) is 24.6 Å². The first-order valence-corrected chi connectivity index (χ1v) is 6.80. The molecule has 2 aromatic heterocycles.